The second-order valence-electron chi connectivity index (χ2n) is 3.46. The fraction of sp³-hybridized carbons (Fsp3) is 0.455. The zero-order valence-corrected chi connectivity index (χ0v) is 9.37. The monoisotopic (exact) mass is 230 g/mol. The van der Waals surface area contributed by atoms with Crippen LogP contribution in [0, 0.1) is 0 Å². The first-order valence-electron chi connectivity index (χ1n) is 4.74. The summed E-state index contributed by atoms with van der Waals surface area (Å²) in [4.78, 5) is 0. The quantitative estimate of drug-likeness (QED) is 0.708. The van der Waals surface area contributed by atoms with Gasteiger partial charge in [-0.25, -0.2) is 0 Å². The number of benzene rings is 1. The van der Waals surface area contributed by atoms with E-state index in [9.17, 15) is 0 Å². The van der Waals surface area contributed by atoms with Crippen molar-refractivity contribution in [2.45, 2.75) is 24.6 Å². The number of ether oxygens (including phenoxy) is 1. The van der Waals surface area contributed by atoms with Gasteiger partial charge in [0, 0.05) is 11.4 Å². The molecule has 1 aliphatic rings. The molecule has 0 amide bonds. The third-order valence-electron chi connectivity index (χ3n) is 2.44. The molecule has 0 N–H and O–H groups in total. The number of fused-ring (bicyclic) bond motifs is 1. The SMILES string of the molecule is ClCc1cc(CCl)c2c(c1)CCCO2. The van der Waals surface area contributed by atoms with E-state index in [0.29, 0.717) is 11.8 Å². The van der Waals surface area contributed by atoms with E-state index in [-0.39, 0.29) is 0 Å². The molecule has 0 bridgehead atoms. The van der Waals surface area contributed by atoms with Crippen LogP contribution in [0.15, 0.2) is 12.1 Å². The van der Waals surface area contributed by atoms with Crippen LogP contribution in [-0.4, -0.2) is 6.61 Å². The van der Waals surface area contributed by atoms with Gasteiger partial charge in [-0.3, -0.25) is 0 Å². The van der Waals surface area contributed by atoms with Gasteiger partial charge in [-0.1, -0.05) is 6.07 Å². The van der Waals surface area contributed by atoms with Crippen molar-refractivity contribution >= 4 is 23.2 Å². The highest BCUT2D eigenvalue weighted by Gasteiger charge is 2.15. The Bertz CT molecular complexity index is 319. The van der Waals surface area contributed by atoms with Crippen LogP contribution in [-0.2, 0) is 18.2 Å². The highest BCUT2D eigenvalue weighted by atomic mass is 35.5. The van der Waals surface area contributed by atoms with Crippen LogP contribution in [0.1, 0.15) is 23.1 Å². The van der Waals surface area contributed by atoms with E-state index in [1.54, 1.807) is 0 Å². The molecule has 1 heterocycles. The summed E-state index contributed by atoms with van der Waals surface area (Å²) in [6, 6.07) is 4.15. The topological polar surface area (TPSA) is 9.23 Å². The smallest absolute Gasteiger partial charge is 0.126 e. The lowest BCUT2D eigenvalue weighted by molar-refractivity contribution is 0.286. The fourth-order valence-electron chi connectivity index (χ4n) is 1.81. The summed E-state index contributed by atoms with van der Waals surface area (Å²) in [5, 5.41) is 0. The Hall–Kier alpha value is -0.400. The lowest BCUT2D eigenvalue weighted by Crippen LogP contribution is -2.10. The second kappa shape index (κ2) is 4.41. The molecule has 76 valence electrons. The predicted octanol–water partition coefficient (Wildman–Crippen LogP) is 3.49. The van der Waals surface area contributed by atoms with Crippen LogP contribution in [0.3, 0.4) is 0 Å². The molecule has 0 unspecified atom stereocenters. The number of hydrogen-bond acceptors (Lipinski definition) is 1. The molecule has 14 heavy (non-hydrogen) atoms. The minimum atomic E-state index is 0.493. The Balaban J connectivity index is 2.47. The van der Waals surface area contributed by atoms with Crippen LogP contribution < -0.4 is 4.74 Å². The molecule has 1 aliphatic heterocycles. The van der Waals surface area contributed by atoms with Gasteiger partial charge in [-0.05, 0) is 30.0 Å². The van der Waals surface area contributed by atoms with Gasteiger partial charge in [-0.2, -0.15) is 0 Å². The maximum atomic E-state index is 5.87. The first-order chi connectivity index (χ1) is 6.85. The molecule has 0 saturated heterocycles. The second-order valence-corrected chi connectivity index (χ2v) is 4.00. The van der Waals surface area contributed by atoms with E-state index in [1.807, 2.05) is 6.07 Å². The zero-order chi connectivity index (χ0) is 9.97. The highest BCUT2D eigenvalue weighted by Crippen LogP contribution is 2.31. The molecule has 1 aromatic rings. The van der Waals surface area contributed by atoms with Gasteiger partial charge in [0.1, 0.15) is 5.75 Å². The van der Waals surface area contributed by atoms with Gasteiger partial charge in [0.25, 0.3) is 0 Å². The summed E-state index contributed by atoms with van der Waals surface area (Å²) in [5.41, 5.74) is 3.45. The summed E-state index contributed by atoms with van der Waals surface area (Å²) >= 11 is 11.7. The maximum Gasteiger partial charge on any atom is 0.126 e. The number of aryl methyl sites for hydroxylation is 1. The molecule has 0 aromatic heterocycles. The first kappa shape index (κ1) is 10.1. The van der Waals surface area contributed by atoms with Crippen molar-refractivity contribution in [3.63, 3.8) is 0 Å². The fourth-order valence-corrected chi connectivity index (χ4v) is 2.16. The van der Waals surface area contributed by atoms with Gasteiger partial charge < -0.3 is 4.74 Å². The van der Waals surface area contributed by atoms with Crippen LogP contribution in [0.5, 0.6) is 5.75 Å². The number of halogens is 2. The minimum Gasteiger partial charge on any atom is -0.493 e. The van der Waals surface area contributed by atoms with Crippen molar-refractivity contribution in [1.82, 2.24) is 0 Å². The summed E-state index contributed by atoms with van der Waals surface area (Å²) in [6.07, 6.45) is 2.16. The van der Waals surface area contributed by atoms with Crippen LogP contribution in [0.25, 0.3) is 0 Å². The van der Waals surface area contributed by atoms with Crippen LogP contribution in [0.4, 0.5) is 0 Å². The third-order valence-corrected chi connectivity index (χ3v) is 3.03. The molecular weight excluding hydrogens is 219 g/mol. The molecule has 0 saturated carbocycles. The van der Waals surface area contributed by atoms with E-state index in [4.69, 9.17) is 27.9 Å². The van der Waals surface area contributed by atoms with E-state index in [2.05, 4.69) is 6.07 Å². The van der Waals surface area contributed by atoms with E-state index < -0.39 is 0 Å². The lowest BCUT2D eigenvalue weighted by atomic mass is 10.00. The normalized spacial score (nSPS) is 14.7. The molecular formula is C11H12Cl2O. The van der Waals surface area contributed by atoms with Crippen molar-refractivity contribution in [3.05, 3.63) is 28.8 Å². The van der Waals surface area contributed by atoms with Crippen molar-refractivity contribution in [3.8, 4) is 5.75 Å². The Kier molecular flexibility index (Phi) is 3.19. The maximum absolute atomic E-state index is 5.87. The number of rotatable bonds is 2. The van der Waals surface area contributed by atoms with Gasteiger partial charge in [0.05, 0.1) is 12.5 Å². The van der Waals surface area contributed by atoms with E-state index >= 15 is 0 Å². The molecule has 1 nitrogen and oxygen atoms in total. The average molecular weight is 231 g/mol. The van der Waals surface area contributed by atoms with Gasteiger partial charge in [0.15, 0.2) is 0 Å². The van der Waals surface area contributed by atoms with E-state index in [1.165, 1.54) is 5.56 Å². The summed E-state index contributed by atoms with van der Waals surface area (Å²) < 4.78 is 5.62. The summed E-state index contributed by atoms with van der Waals surface area (Å²) in [5.74, 6) is 2.02. The van der Waals surface area contributed by atoms with Crippen LogP contribution in [0.2, 0.25) is 0 Å². The molecule has 0 radical (unpaired) electrons. The van der Waals surface area contributed by atoms with Gasteiger partial charge in [0.2, 0.25) is 0 Å². The Morgan fingerprint density at radius 2 is 2.07 bits per heavy atom. The predicted molar refractivity (Wildman–Crippen MR) is 59.4 cm³/mol. The van der Waals surface area contributed by atoms with Crippen molar-refractivity contribution in [2.24, 2.45) is 0 Å². The van der Waals surface area contributed by atoms with Crippen molar-refractivity contribution in [2.75, 3.05) is 6.61 Å². The zero-order valence-electron chi connectivity index (χ0n) is 7.85. The average Bonchev–Trinajstić information content (AvgIpc) is 2.27. The Morgan fingerprint density at radius 3 is 2.79 bits per heavy atom. The summed E-state index contributed by atoms with van der Waals surface area (Å²) in [6.45, 7) is 0.803. The molecule has 0 spiro atoms. The largest absolute Gasteiger partial charge is 0.493 e. The number of hydrogen-bond donors (Lipinski definition) is 0. The first-order valence-corrected chi connectivity index (χ1v) is 5.81. The van der Waals surface area contributed by atoms with Gasteiger partial charge >= 0.3 is 0 Å². The highest BCUT2D eigenvalue weighted by molar-refractivity contribution is 6.18. The molecule has 2 rings (SSSR count). The van der Waals surface area contributed by atoms with Crippen molar-refractivity contribution in [1.29, 1.82) is 0 Å². The Morgan fingerprint density at radius 1 is 1.21 bits per heavy atom. The molecule has 3 heteroatoms. The Labute approximate surface area is 94.0 Å². The number of alkyl halides is 2. The summed E-state index contributed by atoms with van der Waals surface area (Å²) in [7, 11) is 0. The molecule has 1 aromatic carbocycles. The molecule has 0 atom stereocenters. The lowest BCUT2D eigenvalue weighted by Gasteiger charge is -2.20. The van der Waals surface area contributed by atoms with Gasteiger partial charge in [-0.15, -0.1) is 23.2 Å². The standard InChI is InChI=1S/C11H12Cl2O/c12-6-8-4-9-2-1-3-14-11(9)10(5-8)7-13/h4-5H,1-3,6-7H2. The van der Waals surface area contributed by atoms with Crippen molar-refractivity contribution < 1.29 is 4.74 Å². The minimum absolute atomic E-state index is 0.493. The van der Waals surface area contributed by atoms with E-state index in [0.717, 1.165) is 36.3 Å². The molecule has 0 fully saturated rings. The van der Waals surface area contributed by atoms with Crippen LogP contribution >= 0.6 is 23.2 Å². The third kappa shape index (κ3) is 1.84. The molecule has 0 aliphatic carbocycles.